The lowest BCUT2D eigenvalue weighted by Gasteiger charge is -2.27. The highest BCUT2D eigenvalue weighted by Gasteiger charge is 2.52. The second-order valence-corrected chi connectivity index (χ2v) is 6.41. The first kappa shape index (κ1) is 14.9. The smallest absolute Gasteiger partial charge is 0.277 e. The molecule has 0 aromatic rings. The van der Waals surface area contributed by atoms with E-state index in [0.717, 1.165) is 25.9 Å². The Labute approximate surface area is 127 Å². The molecule has 0 spiro atoms. The quantitative estimate of drug-likeness (QED) is 0.434. The maximum absolute atomic E-state index is 11.1. The lowest BCUT2D eigenvalue weighted by molar-refractivity contribution is -0.624. The summed E-state index contributed by atoms with van der Waals surface area (Å²) in [4.78, 5) is 21.2. The van der Waals surface area contributed by atoms with Gasteiger partial charge in [0.2, 0.25) is 0 Å². The maximum Gasteiger partial charge on any atom is 0.279 e. The van der Waals surface area contributed by atoms with Crippen LogP contribution in [0, 0.1) is 32.1 Å². The van der Waals surface area contributed by atoms with E-state index in [1.807, 2.05) is 10.0 Å². The molecule has 2 aliphatic heterocycles. The normalized spacial score (nSPS) is 35.1. The molecular weight excluding hydrogens is 292 g/mol. The van der Waals surface area contributed by atoms with Crippen molar-refractivity contribution in [1.82, 2.24) is 10.0 Å². The molecule has 0 N–H and O–H groups in total. The number of fused-ring (bicyclic) bond motifs is 1. The summed E-state index contributed by atoms with van der Waals surface area (Å²) in [5.74, 6) is 0.202. The fourth-order valence-corrected chi connectivity index (χ4v) is 3.81. The van der Waals surface area contributed by atoms with E-state index in [2.05, 4.69) is 10.4 Å². The Morgan fingerprint density at radius 2 is 1.27 bits per heavy atom. The van der Waals surface area contributed by atoms with Gasteiger partial charge in [0.25, 0.3) is 12.1 Å². The summed E-state index contributed by atoms with van der Waals surface area (Å²) in [6.07, 6.45) is 2.77. The van der Waals surface area contributed by atoms with Crippen molar-refractivity contribution >= 4 is 0 Å². The lowest BCUT2D eigenvalue weighted by atomic mass is 9.76. The number of hydrogen-bond acceptors (Lipinski definition) is 6. The molecule has 4 atom stereocenters. The van der Waals surface area contributed by atoms with Gasteiger partial charge in [0.15, 0.2) is 0 Å². The van der Waals surface area contributed by atoms with Gasteiger partial charge in [-0.25, -0.2) is 0 Å². The van der Waals surface area contributed by atoms with E-state index in [-0.39, 0.29) is 24.7 Å². The van der Waals surface area contributed by atoms with Gasteiger partial charge in [-0.05, 0) is 24.7 Å². The van der Waals surface area contributed by atoms with Crippen LogP contribution in [0.1, 0.15) is 25.7 Å². The van der Waals surface area contributed by atoms with E-state index in [9.17, 15) is 20.2 Å². The topological polar surface area (TPSA) is 117 Å². The van der Waals surface area contributed by atoms with Gasteiger partial charge in [-0.1, -0.05) is 10.4 Å². The molecule has 3 aliphatic rings. The first-order valence-corrected chi connectivity index (χ1v) is 7.73. The largest absolute Gasteiger partial charge is 0.279 e. The molecule has 3 fully saturated rings. The van der Waals surface area contributed by atoms with Gasteiger partial charge in [-0.3, -0.25) is 30.2 Å². The van der Waals surface area contributed by atoms with Crippen LogP contribution in [0.2, 0.25) is 0 Å². The monoisotopic (exact) mass is 312 g/mol. The van der Waals surface area contributed by atoms with E-state index in [4.69, 9.17) is 0 Å². The molecule has 3 rings (SSSR count). The van der Waals surface area contributed by atoms with Crippen LogP contribution in [-0.4, -0.2) is 58.1 Å². The van der Waals surface area contributed by atoms with Crippen molar-refractivity contribution in [2.24, 2.45) is 22.3 Å². The Kier molecular flexibility index (Phi) is 4.08. The molecule has 122 valence electrons. The summed E-state index contributed by atoms with van der Waals surface area (Å²) in [5, 5.41) is 34.3. The molecule has 10 nitrogen and oxygen atoms in total. The Balaban J connectivity index is 1.62. The molecule has 0 aromatic carbocycles. The van der Waals surface area contributed by atoms with Gasteiger partial charge in [-0.15, -0.1) is 0 Å². The fraction of sp³-hybridized carbons (Fsp3) is 1.00. The third-order valence-electron chi connectivity index (χ3n) is 5.01. The van der Waals surface area contributed by atoms with Crippen molar-refractivity contribution in [3.63, 3.8) is 0 Å². The predicted octanol–water partition coefficient (Wildman–Crippen LogP) is 0.997. The average molecular weight is 312 g/mol. The molecule has 0 radical (unpaired) electrons. The standard InChI is InChI=1S/C12H20N6O4/c19-17(20)11-5-9-7-16(14-13-15-3-1-2-4-15)8-10(9)6-12(11)18(21)22/h9-12H,1-8H2. The van der Waals surface area contributed by atoms with E-state index in [0.29, 0.717) is 13.1 Å². The number of hydrogen-bond donors (Lipinski definition) is 0. The molecule has 1 saturated carbocycles. The third-order valence-corrected chi connectivity index (χ3v) is 5.01. The predicted molar refractivity (Wildman–Crippen MR) is 75.0 cm³/mol. The van der Waals surface area contributed by atoms with Crippen LogP contribution in [0.4, 0.5) is 0 Å². The first-order valence-electron chi connectivity index (χ1n) is 7.73. The zero-order valence-electron chi connectivity index (χ0n) is 12.3. The number of nitro groups is 2. The van der Waals surface area contributed by atoms with Crippen LogP contribution >= 0.6 is 0 Å². The highest BCUT2D eigenvalue weighted by molar-refractivity contribution is 4.92. The average Bonchev–Trinajstić information content (AvgIpc) is 3.12. The summed E-state index contributed by atoms with van der Waals surface area (Å²) in [6, 6.07) is -2.15. The molecule has 0 aromatic heterocycles. The van der Waals surface area contributed by atoms with Crippen molar-refractivity contribution < 1.29 is 9.85 Å². The van der Waals surface area contributed by atoms with Crippen LogP contribution < -0.4 is 0 Å². The minimum Gasteiger partial charge on any atom is -0.277 e. The fourth-order valence-electron chi connectivity index (χ4n) is 3.81. The minimum absolute atomic E-state index is 0.101. The van der Waals surface area contributed by atoms with Crippen molar-refractivity contribution in [2.75, 3.05) is 26.2 Å². The van der Waals surface area contributed by atoms with Crippen LogP contribution in [-0.2, 0) is 0 Å². The molecule has 2 heterocycles. The molecule has 10 heteroatoms. The van der Waals surface area contributed by atoms with Crippen LogP contribution in [0.25, 0.3) is 0 Å². The highest BCUT2D eigenvalue weighted by atomic mass is 16.6. The summed E-state index contributed by atoms with van der Waals surface area (Å²) in [7, 11) is 0. The molecule has 0 bridgehead atoms. The van der Waals surface area contributed by atoms with Crippen LogP contribution in [0.15, 0.2) is 10.4 Å². The molecule has 1 aliphatic carbocycles. The first-order chi connectivity index (χ1) is 10.5. The lowest BCUT2D eigenvalue weighted by Crippen LogP contribution is -2.47. The van der Waals surface area contributed by atoms with Crippen molar-refractivity contribution in [2.45, 2.75) is 37.8 Å². The van der Waals surface area contributed by atoms with Crippen molar-refractivity contribution in [1.29, 1.82) is 0 Å². The zero-order chi connectivity index (χ0) is 15.7. The highest BCUT2D eigenvalue weighted by Crippen LogP contribution is 2.38. The Morgan fingerprint density at radius 3 is 1.73 bits per heavy atom. The van der Waals surface area contributed by atoms with Crippen molar-refractivity contribution in [3.05, 3.63) is 20.2 Å². The Morgan fingerprint density at radius 1 is 0.818 bits per heavy atom. The second-order valence-electron chi connectivity index (χ2n) is 6.41. The van der Waals surface area contributed by atoms with Gasteiger partial charge >= 0.3 is 0 Å². The summed E-state index contributed by atoms with van der Waals surface area (Å²) < 4.78 is 0. The molecular formula is C12H20N6O4. The zero-order valence-corrected chi connectivity index (χ0v) is 12.3. The van der Waals surface area contributed by atoms with E-state index in [1.54, 1.807) is 0 Å². The molecule has 4 unspecified atom stereocenters. The van der Waals surface area contributed by atoms with Crippen LogP contribution in [0.5, 0.6) is 0 Å². The number of rotatable bonds is 4. The maximum atomic E-state index is 11.1. The number of nitrogens with zero attached hydrogens (tertiary/aromatic N) is 6. The van der Waals surface area contributed by atoms with Gasteiger partial charge in [0.05, 0.1) is 0 Å². The van der Waals surface area contributed by atoms with Crippen molar-refractivity contribution in [3.8, 4) is 0 Å². The van der Waals surface area contributed by atoms with Gasteiger partial charge in [0.1, 0.15) is 0 Å². The minimum atomic E-state index is -1.08. The summed E-state index contributed by atoms with van der Waals surface area (Å²) in [5.41, 5.74) is 0. The second kappa shape index (κ2) is 6.01. The Bertz CT molecular complexity index is 450. The summed E-state index contributed by atoms with van der Waals surface area (Å²) >= 11 is 0. The molecule has 0 amide bonds. The summed E-state index contributed by atoms with van der Waals surface area (Å²) in [6.45, 7) is 3.04. The van der Waals surface area contributed by atoms with E-state index in [1.165, 1.54) is 0 Å². The van der Waals surface area contributed by atoms with Gasteiger partial charge in [-0.2, -0.15) is 0 Å². The van der Waals surface area contributed by atoms with Gasteiger partial charge in [0, 0.05) is 48.9 Å². The van der Waals surface area contributed by atoms with E-state index < -0.39 is 21.9 Å². The SMILES string of the molecule is O=[N+]([O-])C1CC2CN(N=NN3CCCC3)CC2CC1[N+](=O)[O-]. The third kappa shape index (κ3) is 2.95. The van der Waals surface area contributed by atoms with E-state index >= 15 is 0 Å². The molecule has 22 heavy (non-hydrogen) atoms. The van der Waals surface area contributed by atoms with Gasteiger partial charge < -0.3 is 0 Å². The van der Waals surface area contributed by atoms with Crippen LogP contribution in [0.3, 0.4) is 0 Å². The molecule has 2 saturated heterocycles. The Hall–Kier alpha value is -2.00.